The molecule has 1 aromatic carbocycles. The molecule has 0 fully saturated rings. The topological polar surface area (TPSA) is 76.2 Å². The van der Waals surface area contributed by atoms with Gasteiger partial charge in [-0.05, 0) is 12.1 Å². The van der Waals surface area contributed by atoms with Gasteiger partial charge in [0.1, 0.15) is 11.7 Å². The van der Waals surface area contributed by atoms with Crippen LogP contribution in [0.3, 0.4) is 0 Å². The van der Waals surface area contributed by atoms with Crippen molar-refractivity contribution in [2.75, 3.05) is 7.11 Å². The summed E-state index contributed by atoms with van der Waals surface area (Å²) < 4.78 is 17.5. The van der Waals surface area contributed by atoms with Crippen molar-refractivity contribution in [3.05, 3.63) is 35.1 Å². The van der Waals surface area contributed by atoms with Gasteiger partial charge in [0, 0.05) is 5.56 Å². The fraction of sp³-hybridized carbons (Fsp3) is 0.111. The molecule has 0 heterocycles. The zero-order valence-corrected chi connectivity index (χ0v) is 7.50. The summed E-state index contributed by atoms with van der Waals surface area (Å²) in [6.07, 6.45) is 0. The first-order chi connectivity index (χ1) is 6.56. The van der Waals surface area contributed by atoms with Crippen molar-refractivity contribution in [1.82, 2.24) is 0 Å². The van der Waals surface area contributed by atoms with Crippen LogP contribution >= 0.6 is 0 Å². The van der Waals surface area contributed by atoms with Crippen molar-refractivity contribution in [2.45, 2.75) is 0 Å². The molecular formula is C9H9FN2O2. The molecule has 1 rings (SSSR count). The molecule has 0 amide bonds. The number of nitrogen functional groups attached to an aromatic ring is 1. The van der Waals surface area contributed by atoms with Crippen LogP contribution in [0.25, 0.3) is 0 Å². The fourth-order valence-corrected chi connectivity index (χ4v) is 0.958. The predicted molar refractivity (Wildman–Crippen MR) is 48.8 cm³/mol. The second kappa shape index (κ2) is 3.87. The minimum atomic E-state index is -0.752. The first kappa shape index (κ1) is 10.2. The second-order valence-electron chi connectivity index (χ2n) is 2.60. The molecule has 0 aliphatic heterocycles. The normalized spacial score (nSPS) is 9.57. The van der Waals surface area contributed by atoms with Gasteiger partial charge in [0.25, 0.3) is 0 Å². The highest BCUT2D eigenvalue weighted by Gasteiger charge is 2.12. The van der Waals surface area contributed by atoms with Gasteiger partial charge >= 0.3 is 5.97 Å². The Bertz CT molecular complexity index is 390. The minimum absolute atomic E-state index is 0.169. The number of rotatable bonds is 2. The van der Waals surface area contributed by atoms with Crippen LogP contribution in [0, 0.1) is 11.2 Å². The number of ether oxygens (including phenoxy) is 1. The Kier molecular flexibility index (Phi) is 2.81. The third kappa shape index (κ3) is 1.87. The van der Waals surface area contributed by atoms with Crippen LogP contribution in [-0.2, 0) is 4.74 Å². The summed E-state index contributed by atoms with van der Waals surface area (Å²) in [6.45, 7) is 0. The van der Waals surface area contributed by atoms with E-state index in [1.807, 2.05) is 0 Å². The van der Waals surface area contributed by atoms with Crippen molar-refractivity contribution in [3.8, 4) is 0 Å². The SMILES string of the molecule is COC(=O)c1ccc(C(=N)N)cc1F. The van der Waals surface area contributed by atoms with E-state index in [2.05, 4.69) is 4.74 Å². The smallest absolute Gasteiger partial charge is 0.340 e. The lowest BCUT2D eigenvalue weighted by molar-refractivity contribution is 0.0595. The molecule has 0 saturated carbocycles. The zero-order valence-electron chi connectivity index (χ0n) is 7.50. The number of nitrogens with one attached hydrogen (secondary N) is 1. The van der Waals surface area contributed by atoms with Crippen molar-refractivity contribution in [3.63, 3.8) is 0 Å². The molecule has 0 atom stereocenters. The average Bonchev–Trinajstić information content (AvgIpc) is 2.16. The summed E-state index contributed by atoms with van der Waals surface area (Å²) in [7, 11) is 1.17. The summed E-state index contributed by atoms with van der Waals surface area (Å²) in [4.78, 5) is 11.0. The van der Waals surface area contributed by atoms with E-state index in [1.165, 1.54) is 19.2 Å². The van der Waals surface area contributed by atoms with Crippen LogP contribution in [0.2, 0.25) is 0 Å². The zero-order chi connectivity index (χ0) is 10.7. The second-order valence-corrected chi connectivity index (χ2v) is 2.60. The van der Waals surface area contributed by atoms with E-state index < -0.39 is 11.8 Å². The molecule has 0 aliphatic rings. The number of carbonyl (C=O) groups excluding carboxylic acids is 1. The van der Waals surface area contributed by atoms with Crippen LogP contribution in [-0.4, -0.2) is 18.9 Å². The van der Waals surface area contributed by atoms with Gasteiger partial charge in [-0.3, -0.25) is 5.41 Å². The van der Waals surface area contributed by atoms with Gasteiger partial charge in [0.15, 0.2) is 0 Å². The third-order valence-electron chi connectivity index (χ3n) is 1.69. The van der Waals surface area contributed by atoms with Gasteiger partial charge in [-0.15, -0.1) is 0 Å². The Morgan fingerprint density at radius 1 is 1.57 bits per heavy atom. The van der Waals surface area contributed by atoms with Crippen molar-refractivity contribution in [2.24, 2.45) is 5.73 Å². The predicted octanol–water partition coefficient (Wildman–Crippen LogP) is 0.896. The van der Waals surface area contributed by atoms with Crippen LogP contribution in [0.15, 0.2) is 18.2 Å². The van der Waals surface area contributed by atoms with Gasteiger partial charge in [0.2, 0.25) is 0 Å². The monoisotopic (exact) mass is 196 g/mol. The molecule has 14 heavy (non-hydrogen) atoms. The van der Waals surface area contributed by atoms with E-state index in [1.54, 1.807) is 0 Å². The highest BCUT2D eigenvalue weighted by Crippen LogP contribution is 2.11. The molecule has 5 heteroatoms. The number of nitrogens with two attached hydrogens (primary N) is 1. The van der Waals surface area contributed by atoms with Crippen molar-refractivity contribution >= 4 is 11.8 Å². The summed E-state index contributed by atoms with van der Waals surface area (Å²) >= 11 is 0. The van der Waals surface area contributed by atoms with E-state index in [0.717, 1.165) is 6.07 Å². The van der Waals surface area contributed by atoms with Crippen LogP contribution in [0.1, 0.15) is 15.9 Å². The lowest BCUT2D eigenvalue weighted by Gasteiger charge is -2.02. The highest BCUT2D eigenvalue weighted by molar-refractivity contribution is 5.96. The van der Waals surface area contributed by atoms with E-state index in [9.17, 15) is 9.18 Å². The number of methoxy groups -OCH3 is 1. The molecule has 1 aromatic rings. The number of amidine groups is 1. The quantitative estimate of drug-likeness (QED) is 0.419. The fourth-order valence-electron chi connectivity index (χ4n) is 0.958. The van der Waals surface area contributed by atoms with Gasteiger partial charge in [0.05, 0.1) is 12.7 Å². The first-order valence-electron chi connectivity index (χ1n) is 3.78. The maximum absolute atomic E-state index is 13.2. The molecule has 0 unspecified atom stereocenters. The summed E-state index contributed by atoms with van der Waals surface area (Å²) in [5.74, 6) is -1.75. The molecule has 0 spiro atoms. The number of hydrogen-bond donors (Lipinski definition) is 2. The molecule has 3 N–H and O–H groups in total. The summed E-state index contributed by atoms with van der Waals surface area (Å²) in [6, 6.07) is 3.64. The molecular weight excluding hydrogens is 187 g/mol. The Morgan fingerprint density at radius 3 is 2.64 bits per heavy atom. The Hall–Kier alpha value is -1.91. The molecule has 0 radical (unpaired) electrons. The Labute approximate surface area is 80.0 Å². The standard InChI is InChI=1S/C9H9FN2O2/c1-14-9(13)6-3-2-5(8(11)12)4-7(6)10/h2-4H,1H3,(H3,11,12). The van der Waals surface area contributed by atoms with E-state index in [4.69, 9.17) is 11.1 Å². The molecule has 0 saturated heterocycles. The van der Waals surface area contributed by atoms with E-state index in [-0.39, 0.29) is 17.0 Å². The maximum atomic E-state index is 13.2. The lowest BCUT2D eigenvalue weighted by atomic mass is 10.1. The van der Waals surface area contributed by atoms with E-state index in [0.29, 0.717) is 0 Å². The number of hydrogen-bond acceptors (Lipinski definition) is 3. The molecule has 0 aromatic heterocycles. The molecule has 0 aliphatic carbocycles. The van der Waals surface area contributed by atoms with Crippen molar-refractivity contribution < 1.29 is 13.9 Å². The largest absolute Gasteiger partial charge is 0.465 e. The average molecular weight is 196 g/mol. The van der Waals surface area contributed by atoms with Crippen LogP contribution in [0.5, 0.6) is 0 Å². The summed E-state index contributed by atoms with van der Waals surface area (Å²) in [5, 5.41) is 7.05. The molecule has 74 valence electrons. The highest BCUT2D eigenvalue weighted by atomic mass is 19.1. The Balaban J connectivity index is 3.14. The number of benzene rings is 1. The molecule has 0 bridgehead atoms. The lowest BCUT2D eigenvalue weighted by Crippen LogP contribution is -2.13. The van der Waals surface area contributed by atoms with Crippen molar-refractivity contribution in [1.29, 1.82) is 5.41 Å². The summed E-state index contributed by atoms with van der Waals surface area (Å²) in [5.41, 5.74) is 5.20. The third-order valence-corrected chi connectivity index (χ3v) is 1.69. The minimum Gasteiger partial charge on any atom is -0.465 e. The van der Waals surface area contributed by atoms with Crippen LogP contribution in [0.4, 0.5) is 4.39 Å². The Morgan fingerprint density at radius 2 is 2.21 bits per heavy atom. The van der Waals surface area contributed by atoms with E-state index >= 15 is 0 Å². The van der Waals surface area contributed by atoms with Gasteiger partial charge in [-0.25, -0.2) is 9.18 Å². The van der Waals surface area contributed by atoms with Gasteiger partial charge < -0.3 is 10.5 Å². The van der Waals surface area contributed by atoms with Gasteiger partial charge in [-0.1, -0.05) is 6.07 Å². The van der Waals surface area contributed by atoms with Crippen LogP contribution < -0.4 is 5.73 Å². The number of carbonyl (C=O) groups is 1. The first-order valence-corrected chi connectivity index (χ1v) is 3.78. The maximum Gasteiger partial charge on any atom is 0.340 e. The number of esters is 1. The number of halogens is 1. The van der Waals surface area contributed by atoms with Gasteiger partial charge in [-0.2, -0.15) is 0 Å². The molecule has 4 nitrogen and oxygen atoms in total.